The second kappa shape index (κ2) is 3.39. The molecule has 1 heterocycles. The third kappa shape index (κ3) is 1.39. The lowest BCUT2D eigenvalue weighted by Gasteiger charge is -2.22. The molecule has 3 N–H and O–H groups in total. The molecular weight excluding hydrogens is 202 g/mol. The highest BCUT2D eigenvalue weighted by Crippen LogP contribution is 2.56. The van der Waals surface area contributed by atoms with E-state index in [0.717, 1.165) is 13.1 Å². The summed E-state index contributed by atoms with van der Waals surface area (Å²) >= 11 is 0. The molecule has 1 atom stereocenters. The Morgan fingerprint density at radius 1 is 1.19 bits per heavy atom. The normalized spacial score (nSPS) is 26.9. The first-order chi connectivity index (χ1) is 7.72. The van der Waals surface area contributed by atoms with Crippen LogP contribution in [0.1, 0.15) is 24.8 Å². The molecule has 1 saturated heterocycles. The molecule has 0 radical (unpaired) electrons. The molecular formula is C13H17NO2. The van der Waals surface area contributed by atoms with Gasteiger partial charge in [0.25, 0.3) is 0 Å². The molecule has 0 amide bonds. The van der Waals surface area contributed by atoms with Crippen molar-refractivity contribution in [2.75, 3.05) is 13.1 Å². The number of phenols is 2. The Balaban J connectivity index is 1.93. The average molecular weight is 219 g/mol. The smallest absolute Gasteiger partial charge is 0.157 e. The molecule has 1 aromatic carbocycles. The highest BCUT2D eigenvalue weighted by Gasteiger charge is 2.51. The van der Waals surface area contributed by atoms with Crippen molar-refractivity contribution in [2.45, 2.75) is 24.7 Å². The van der Waals surface area contributed by atoms with Crippen LogP contribution in [0.25, 0.3) is 0 Å². The number of rotatable bonds is 2. The Hall–Kier alpha value is -1.22. The molecule has 86 valence electrons. The van der Waals surface area contributed by atoms with Gasteiger partial charge in [0, 0.05) is 0 Å². The molecule has 16 heavy (non-hydrogen) atoms. The summed E-state index contributed by atoms with van der Waals surface area (Å²) < 4.78 is 0. The zero-order valence-electron chi connectivity index (χ0n) is 9.24. The minimum absolute atomic E-state index is 0.00901. The Morgan fingerprint density at radius 2 is 2.00 bits per heavy atom. The second-order valence-corrected chi connectivity index (χ2v) is 5.05. The van der Waals surface area contributed by atoms with Crippen molar-refractivity contribution in [1.82, 2.24) is 5.32 Å². The van der Waals surface area contributed by atoms with E-state index >= 15 is 0 Å². The van der Waals surface area contributed by atoms with Crippen molar-refractivity contribution in [2.24, 2.45) is 5.92 Å². The lowest BCUT2D eigenvalue weighted by molar-refractivity contribution is 0.397. The number of phenolic OH excluding ortho intramolecular Hbond substituents is 2. The zero-order valence-corrected chi connectivity index (χ0v) is 9.24. The fraction of sp³-hybridized carbons (Fsp3) is 0.538. The predicted molar refractivity (Wildman–Crippen MR) is 61.7 cm³/mol. The Kier molecular flexibility index (Phi) is 2.11. The monoisotopic (exact) mass is 219 g/mol. The summed E-state index contributed by atoms with van der Waals surface area (Å²) in [6.07, 6.45) is 3.65. The van der Waals surface area contributed by atoms with E-state index in [1.54, 1.807) is 12.1 Å². The lowest BCUT2D eigenvalue weighted by atomic mass is 9.82. The van der Waals surface area contributed by atoms with Crippen molar-refractivity contribution < 1.29 is 10.2 Å². The maximum absolute atomic E-state index is 9.57. The summed E-state index contributed by atoms with van der Waals surface area (Å²) in [4.78, 5) is 0. The molecule has 1 aliphatic heterocycles. The van der Waals surface area contributed by atoms with E-state index in [0.29, 0.717) is 5.92 Å². The Bertz CT molecular complexity index is 406. The maximum Gasteiger partial charge on any atom is 0.157 e. The second-order valence-electron chi connectivity index (χ2n) is 5.05. The molecule has 0 bridgehead atoms. The number of hydrogen-bond donors (Lipinski definition) is 3. The van der Waals surface area contributed by atoms with Crippen LogP contribution in [0.3, 0.4) is 0 Å². The molecule has 1 unspecified atom stereocenters. The summed E-state index contributed by atoms with van der Waals surface area (Å²) in [7, 11) is 0. The number of aromatic hydroxyl groups is 2. The highest BCUT2D eigenvalue weighted by molar-refractivity contribution is 5.45. The molecule has 1 saturated carbocycles. The van der Waals surface area contributed by atoms with Crippen LogP contribution in [0.5, 0.6) is 11.5 Å². The van der Waals surface area contributed by atoms with Crippen molar-refractivity contribution in [3.8, 4) is 11.5 Å². The van der Waals surface area contributed by atoms with E-state index in [1.165, 1.54) is 24.8 Å². The van der Waals surface area contributed by atoms with Gasteiger partial charge in [0.15, 0.2) is 11.5 Å². The van der Waals surface area contributed by atoms with Crippen molar-refractivity contribution in [3.63, 3.8) is 0 Å². The molecule has 0 aromatic heterocycles. The van der Waals surface area contributed by atoms with Crippen molar-refractivity contribution in [3.05, 3.63) is 23.8 Å². The SMILES string of the molecule is Oc1ccc(C2(C3CCNC3)CC2)cc1O. The van der Waals surface area contributed by atoms with Gasteiger partial charge in [-0.05, 0) is 61.4 Å². The van der Waals surface area contributed by atoms with E-state index in [4.69, 9.17) is 0 Å². The zero-order chi connectivity index (χ0) is 11.2. The van der Waals surface area contributed by atoms with Gasteiger partial charge < -0.3 is 15.5 Å². The third-order valence-corrected chi connectivity index (χ3v) is 4.18. The molecule has 1 aromatic rings. The van der Waals surface area contributed by atoms with E-state index in [2.05, 4.69) is 5.32 Å². The van der Waals surface area contributed by atoms with Gasteiger partial charge in [-0.15, -0.1) is 0 Å². The first kappa shape index (κ1) is 9.97. The Morgan fingerprint density at radius 3 is 2.56 bits per heavy atom. The average Bonchev–Trinajstić information content (AvgIpc) is 2.90. The third-order valence-electron chi connectivity index (χ3n) is 4.18. The standard InChI is InChI=1S/C13H17NO2/c15-11-2-1-9(7-12(11)16)13(4-5-13)10-3-6-14-8-10/h1-2,7,10,14-16H,3-6,8H2. The number of hydrogen-bond acceptors (Lipinski definition) is 3. The van der Waals surface area contributed by atoms with Gasteiger partial charge in [-0.25, -0.2) is 0 Å². The van der Waals surface area contributed by atoms with Crippen LogP contribution in [0.4, 0.5) is 0 Å². The minimum atomic E-state index is -0.0240. The predicted octanol–water partition coefficient (Wildman–Crippen LogP) is 1.74. The first-order valence-electron chi connectivity index (χ1n) is 5.95. The van der Waals surface area contributed by atoms with Crippen LogP contribution in [0, 0.1) is 5.92 Å². The number of nitrogens with one attached hydrogen (secondary N) is 1. The lowest BCUT2D eigenvalue weighted by Crippen LogP contribution is -2.22. The minimum Gasteiger partial charge on any atom is -0.504 e. The van der Waals surface area contributed by atoms with Crippen LogP contribution in [0.2, 0.25) is 0 Å². The summed E-state index contributed by atoms with van der Waals surface area (Å²) in [6.45, 7) is 2.19. The van der Waals surface area contributed by atoms with E-state index < -0.39 is 0 Å². The van der Waals surface area contributed by atoms with Gasteiger partial charge in [0.2, 0.25) is 0 Å². The summed E-state index contributed by atoms with van der Waals surface area (Å²) in [5, 5.41) is 22.3. The van der Waals surface area contributed by atoms with E-state index in [-0.39, 0.29) is 16.9 Å². The molecule has 2 aliphatic rings. The summed E-state index contributed by atoms with van der Waals surface area (Å²) in [5.74, 6) is 0.676. The number of benzene rings is 1. The molecule has 2 fully saturated rings. The van der Waals surface area contributed by atoms with Crippen LogP contribution >= 0.6 is 0 Å². The van der Waals surface area contributed by atoms with Gasteiger partial charge in [0.1, 0.15) is 0 Å². The fourth-order valence-corrected chi connectivity index (χ4v) is 3.03. The summed E-state index contributed by atoms with van der Waals surface area (Å²) in [5.41, 5.74) is 1.46. The van der Waals surface area contributed by atoms with Gasteiger partial charge in [0.05, 0.1) is 0 Å². The van der Waals surface area contributed by atoms with Gasteiger partial charge in [-0.2, -0.15) is 0 Å². The molecule has 3 heteroatoms. The molecule has 0 spiro atoms. The summed E-state index contributed by atoms with van der Waals surface area (Å²) in [6, 6.07) is 5.30. The quantitative estimate of drug-likeness (QED) is 0.664. The molecule has 1 aliphatic carbocycles. The topological polar surface area (TPSA) is 52.5 Å². The fourth-order valence-electron chi connectivity index (χ4n) is 3.03. The van der Waals surface area contributed by atoms with Crippen LogP contribution in [-0.2, 0) is 5.41 Å². The molecule has 3 rings (SSSR count). The maximum atomic E-state index is 9.57. The van der Waals surface area contributed by atoms with Crippen LogP contribution in [-0.4, -0.2) is 23.3 Å². The van der Waals surface area contributed by atoms with Gasteiger partial charge >= 0.3 is 0 Å². The van der Waals surface area contributed by atoms with E-state index in [1.807, 2.05) is 6.07 Å². The Labute approximate surface area is 95.1 Å². The van der Waals surface area contributed by atoms with Crippen LogP contribution < -0.4 is 5.32 Å². The molecule has 3 nitrogen and oxygen atoms in total. The van der Waals surface area contributed by atoms with Crippen molar-refractivity contribution >= 4 is 0 Å². The van der Waals surface area contributed by atoms with Crippen molar-refractivity contribution in [1.29, 1.82) is 0 Å². The highest BCUT2D eigenvalue weighted by atomic mass is 16.3. The van der Waals surface area contributed by atoms with Gasteiger partial charge in [-0.3, -0.25) is 0 Å². The van der Waals surface area contributed by atoms with Crippen LogP contribution in [0.15, 0.2) is 18.2 Å². The largest absolute Gasteiger partial charge is 0.504 e. The van der Waals surface area contributed by atoms with E-state index in [9.17, 15) is 10.2 Å². The van der Waals surface area contributed by atoms with Gasteiger partial charge in [-0.1, -0.05) is 6.07 Å². The first-order valence-corrected chi connectivity index (χ1v) is 5.95.